The lowest BCUT2D eigenvalue weighted by Gasteiger charge is -2.35. The number of piperidine rings is 1. The van der Waals surface area contributed by atoms with Gasteiger partial charge in [-0.3, -0.25) is 4.90 Å². The number of nitrogen functional groups attached to an aromatic ring is 1. The molecule has 3 heterocycles. The minimum absolute atomic E-state index is 0.291. The van der Waals surface area contributed by atoms with Crippen LogP contribution in [0.15, 0.2) is 24.7 Å². The average Bonchev–Trinajstić information content (AvgIpc) is 2.56. The molecule has 0 unspecified atom stereocenters. The van der Waals surface area contributed by atoms with Gasteiger partial charge in [-0.25, -0.2) is 19.9 Å². The Kier molecular flexibility index (Phi) is 4.81. The summed E-state index contributed by atoms with van der Waals surface area (Å²) in [5.74, 6) is 1.60. The van der Waals surface area contributed by atoms with Gasteiger partial charge in [0.15, 0.2) is 0 Å². The van der Waals surface area contributed by atoms with Gasteiger partial charge in [-0.05, 0) is 25.5 Å². The molecule has 0 bridgehead atoms. The van der Waals surface area contributed by atoms with Crippen molar-refractivity contribution in [1.29, 1.82) is 0 Å². The third kappa shape index (κ3) is 3.82. The number of hydrogen-bond donors (Lipinski definition) is 1. The van der Waals surface area contributed by atoms with Gasteiger partial charge in [0.05, 0.1) is 11.7 Å². The van der Waals surface area contributed by atoms with Gasteiger partial charge < -0.3 is 5.73 Å². The Labute approximate surface area is 137 Å². The Morgan fingerprint density at radius 1 is 1.22 bits per heavy atom. The Hall–Kier alpha value is -2.08. The van der Waals surface area contributed by atoms with Gasteiger partial charge in [0.25, 0.3) is 0 Å². The number of nitrogens with two attached hydrogens (primary N) is 1. The van der Waals surface area contributed by atoms with Gasteiger partial charge in [-0.2, -0.15) is 0 Å². The Morgan fingerprint density at radius 3 is 2.70 bits per heavy atom. The lowest BCUT2D eigenvalue weighted by Crippen LogP contribution is -2.33. The number of hydrogen-bond acceptors (Lipinski definition) is 6. The number of rotatable bonds is 4. The van der Waals surface area contributed by atoms with Gasteiger partial charge in [0, 0.05) is 36.6 Å². The summed E-state index contributed by atoms with van der Waals surface area (Å²) in [7, 11) is 0. The third-order valence-electron chi connectivity index (χ3n) is 4.28. The number of likely N-dealkylation sites (tertiary alicyclic amines) is 1. The van der Waals surface area contributed by atoms with Crippen molar-refractivity contribution in [2.75, 3.05) is 12.3 Å². The number of nitrogens with zero attached hydrogens (tertiary/aromatic N) is 5. The van der Waals surface area contributed by atoms with Crippen molar-refractivity contribution in [1.82, 2.24) is 24.8 Å². The van der Waals surface area contributed by atoms with Crippen LogP contribution in [-0.2, 0) is 6.54 Å². The van der Waals surface area contributed by atoms with E-state index in [4.69, 9.17) is 5.73 Å². The maximum Gasteiger partial charge on any atom is 0.220 e. The molecule has 0 spiro atoms. The maximum atomic E-state index is 5.75. The molecule has 1 aliphatic heterocycles. The molecule has 1 aliphatic rings. The Bertz CT molecular complexity index is 640. The van der Waals surface area contributed by atoms with E-state index in [1.54, 1.807) is 6.20 Å². The summed E-state index contributed by atoms with van der Waals surface area (Å²) in [6, 6.07) is 2.26. The van der Waals surface area contributed by atoms with E-state index in [1.165, 1.54) is 12.8 Å². The fraction of sp³-hybridized carbons (Fsp3) is 0.529. The number of anilines is 1. The van der Waals surface area contributed by atoms with Crippen LogP contribution in [0.1, 0.15) is 62.2 Å². The molecule has 23 heavy (non-hydrogen) atoms. The van der Waals surface area contributed by atoms with E-state index in [1.807, 2.05) is 18.5 Å². The summed E-state index contributed by atoms with van der Waals surface area (Å²) in [6.45, 7) is 6.11. The molecule has 0 amide bonds. The summed E-state index contributed by atoms with van der Waals surface area (Å²) in [4.78, 5) is 19.8. The van der Waals surface area contributed by atoms with Crippen molar-refractivity contribution in [3.63, 3.8) is 0 Å². The molecule has 122 valence electrons. The van der Waals surface area contributed by atoms with Crippen LogP contribution in [0.25, 0.3) is 0 Å². The second kappa shape index (κ2) is 7.00. The van der Waals surface area contributed by atoms with Gasteiger partial charge in [-0.1, -0.05) is 20.3 Å². The second-order valence-corrected chi connectivity index (χ2v) is 6.43. The zero-order valence-electron chi connectivity index (χ0n) is 13.8. The minimum Gasteiger partial charge on any atom is -0.368 e. The first-order valence-corrected chi connectivity index (χ1v) is 8.27. The van der Waals surface area contributed by atoms with E-state index in [0.29, 0.717) is 17.9 Å². The SMILES string of the molecule is CC(C)c1ncc(CN2CCCC[C@H]2c2ccnc(N)n2)cn1. The summed E-state index contributed by atoms with van der Waals surface area (Å²) in [5.41, 5.74) is 7.90. The van der Waals surface area contributed by atoms with E-state index in [-0.39, 0.29) is 0 Å². The van der Waals surface area contributed by atoms with Gasteiger partial charge in [0.2, 0.25) is 5.95 Å². The predicted octanol–water partition coefficient (Wildman–Crippen LogP) is 2.70. The number of aromatic nitrogens is 4. The van der Waals surface area contributed by atoms with E-state index < -0.39 is 0 Å². The van der Waals surface area contributed by atoms with Crippen LogP contribution in [-0.4, -0.2) is 31.4 Å². The van der Waals surface area contributed by atoms with E-state index >= 15 is 0 Å². The minimum atomic E-state index is 0.291. The standard InChI is InChI=1S/C17H24N6/c1-12(2)16-20-9-13(10-21-16)11-23-8-4-3-5-15(23)14-6-7-19-17(18)22-14/h6-7,9-10,12,15H,3-5,8,11H2,1-2H3,(H2,18,19,22)/t15-/m0/s1. The van der Waals surface area contributed by atoms with Crippen LogP contribution in [0.3, 0.4) is 0 Å². The molecule has 0 radical (unpaired) electrons. The summed E-state index contributed by atoms with van der Waals surface area (Å²) in [6.07, 6.45) is 9.16. The van der Waals surface area contributed by atoms with E-state index in [9.17, 15) is 0 Å². The first kappa shape index (κ1) is 15.8. The van der Waals surface area contributed by atoms with Crippen molar-refractivity contribution in [2.24, 2.45) is 0 Å². The quantitative estimate of drug-likeness (QED) is 0.935. The van der Waals surface area contributed by atoms with Crippen molar-refractivity contribution in [2.45, 2.75) is 51.6 Å². The summed E-state index contributed by atoms with van der Waals surface area (Å²) < 4.78 is 0. The highest BCUT2D eigenvalue weighted by molar-refractivity contribution is 5.20. The molecular formula is C17H24N6. The zero-order chi connectivity index (χ0) is 16.2. The first-order valence-electron chi connectivity index (χ1n) is 8.27. The fourth-order valence-corrected chi connectivity index (χ4v) is 3.07. The van der Waals surface area contributed by atoms with Gasteiger partial charge >= 0.3 is 0 Å². The highest BCUT2D eigenvalue weighted by Gasteiger charge is 2.25. The van der Waals surface area contributed by atoms with Crippen molar-refractivity contribution < 1.29 is 0 Å². The molecule has 0 aliphatic carbocycles. The van der Waals surface area contributed by atoms with Crippen molar-refractivity contribution in [3.8, 4) is 0 Å². The zero-order valence-corrected chi connectivity index (χ0v) is 13.8. The molecule has 3 rings (SSSR count). The molecule has 2 aromatic heterocycles. The molecule has 2 aromatic rings. The Morgan fingerprint density at radius 2 is 2.00 bits per heavy atom. The Balaban J connectivity index is 1.76. The molecule has 1 atom stereocenters. The second-order valence-electron chi connectivity index (χ2n) is 6.43. The highest BCUT2D eigenvalue weighted by Crippen LogP contribution is 2.31. The molecule has 6 nitrogen and oxygen atoms in total. The molecule has 0 saturated carbocycles. The maximum absolute atomic E-state index is 5.75. The average molecular weight is 312 g/mol. The summed E-state index contributed by atoms with van der Waals surface area (Å²) in [5, 5.41) is 0. The fourth-order valence-electron chi connectivity index (χ4n) is 3.07. The largest absolute Gasteiger partial charge is 0.368 e. The van der Waals surface area contributed by atoms with Crippen LogP contribution in [0.5, 0.6) is 0 Å². The highest BCUT2D eigenvalue weighted by atomic mass is 15.2. The van der Waals surface area contributed by atoms with Crippen LogP contribution < -0.4 is 5.73 Å². The molecular weight excluding hydrogens is 288 g/mol. The molecule has 1 fully saturated rings. The molecule has 6 heteroatoms. The molecule has 0 aromatic carbocycles. The summed E-state index contributed by atoms with van der Waals surface area (Å²) >= 11 is 0. The lowest BCUT2D eigenvalue weighted by atomic mass is 9.98. The molecule has 2 N–H and O–H groups in total. The van der Waals surface area contributed by atoms with Crippen LogP contribution in [0, 0.1) is 0 Å². The topological polar surface area (TPSA) is 80.8 Å². The lowest BCUT2D eigenvalue weighted by molar-refractivity contribution is 0.137. The third-order valence-corrected chi connectivity index (χ3v) is 4.28. The van der Waals surface area contributed by atoms with Crippen molar-refractivity contribution >= 4 is 5.95 Å². The van der Waals surface area contributed by atoms with Crippen LogP contribution in [0.4, 0.5) is 5.95 Å². The van der Waals surface area contributed by atoms with Gasteiger partial charge in [-0.15, -0.1) is 0 Å². The smallest absolute Gasteiger partial charge is 0.220 e. The first-order chi connectivity index (χ1) is 11.1. The van der Waals surface area contributed by atoms with Crippen LogP contribution in [0.2, 0.25) is 0 Å². The van der Waals surface area contributed by atoms with Crippen molar-refractivity contribution in [3.05, 3.63) is 41.7 Å². The van der Waals surface area contributed by atoms with E-state index in [2.05, 4.69) is 38.7 Å². The van der Waals surface area contributed by atoms with E-state index in [0.717, 1.165) is 36.6 Å². The molecule has 1 saturated heterocycles. The predicted molar refractivity (Wildman–Crippen MR) is 89.6 cm³/mol. The van der Waals surface area contributed by atoms with Gasteiger partial charge in [0.1, 0.15) is 5.82 Å². The normalized spacial score (nSPS) is 19.2. The van der Waals surface area contributed by atoms with Crippen LogP contribution >= 0.6 is 0 Å². The monoisotopic (exact) mass is 312 g/mol.